The summed E-state index contributed by atoms with van der Waals surface area (Å²) in [7, 11) is 0. The molecule has 4 heteroatoms. The molecule has 0 amide bonds. The average Bonchev–Trinajstić information content (AvgIpc) is 2.48. The number of benzene rings is 1. The number of ether oxygens (including phenoxy) is 1. The van der Waals surface area contributed by atoms with Gasteiger partial charge in [0.1, 0.15) is 0 Å². The van der Waals surface area contributed by atoms with E-state index in [1.165, 1.54) is 0 Å². The molecular weight excluding hydrogens is 254 g/mol. The minimum atomic E-state index is -0.728. The first-order chi connectivity index (χ1) is 9.71. The van der Waals surface area contributed by atoms with Crippen LogP contribution in [0.2, 0.25) is 0 Å². The van der Waals surface area contributed by atoms with E-state index in [9.17, 15) is 9.90 Å². The van der Waals surface area contributed by atoms with Gasteiger partial charge in [-0.25, -0.2) is 0 Å². The highest BCUT2D eigenvalue weighted by molar-refractivity contribution is 5.83. The summed E-state index contributed by atoms with van der Waals surface area (Å²) in [6.07, 6.45) is 3.39. The number of hydrogen-bond acceptors (Lipinski definition) is 3. The third kappa shape index (κ3) is 2.27. The molecule has 0 saturated carbocycles. The van der Waals surface area contributed by atoms with E-state index in [2.05, 4.69) is 4.98 Å². The summed E-state index contributed by atoms with van der Waals surface area (Å²) < 4.78 is 5.32. The van der Waals surface area contributed by atoms with Crippen molar-refractivity contribution in [3.63, 3.8) is 0 Å². The molecular formula is C16H17NO3. The highest BCUT2D eigenvalue weighted by Gasteiger charge is 2.40. The van der Waals surface area contributed by atoms with Crippen molar-refractivity contribution in [3.05, 3.63) is 42.1 Å². The van der Waals surface area contributed by atoms with Crippen LogP contribution < -0.4 is 0 Å². The smallest absolute Gasteiger partial charge is 0.310 e. The first-order valence-corrected chi connectivity index (χ1v) is 6.85. The molecule has 3 rings (SSSR count). The van der Waals surface area contributed by atoms with Gasteiger partial charge in [0.2, 0.25) is 0 Å². The lowest BCUT2D eigenvalue weighted by Gasteiger charge is -2.33. The molecule has 0 unspecified atom stereocenters. The fourth-order valence-corrected chi connectivity index (χ4v) is 2.90. The fourth-order valence-electron chi connectivity index (χ4n) is 2.90. The summed E-state index contributed by atoms with van der Waals surface area (Å²) in [6, 6.07) is 9.85. The molecule has 0 aliphatic carbocycles. The van der Waals surface area contributed by atoms with Crippen molar-refractivity contribution in [1.29, 1.82) is 0 Å². The van der Waals surface area contributed by atoms with Crippen LogP contribution in [0.15, 0.2) is 36.5 Å². The maximum absolute atomic E-state index is 11.7. The van der Waals surface area contributed by atoms with E-state index in [1.54, 1.807) is 6.20 Å². The van der Waals surface area contributed by atoms with Gasteiger partial charge in [0.05, 0.1) is 10.9 Å². The van der Waals surface area contributed by atoms with E-state index in [0.717, 1.165) is 16.5 Å². The lowest BCUT2D eigenvalue weighted by Crippen LogP contribution is -2.39. The van der Waals surface area contributed by atoms with Crippen LogP contribution in [0.4, 0.5) is 0 Å². The predicted molar refractivity (Wildman–Crippen MR) is 75.6 cm³/mol. The van der Waals surface area contributed by atoms with Crippen LogP contribution in [0, 0.1) is 5.41 Å². The van der Waals surface area contributed by atoms with E-state index in [0.29, 0.717) is 32.5 Å². The topological polar surface area (TPSA) is 59.4 Å². The molecule has 1 aliphatic rings. The Morgan fingerprint density at radius 3 is 2.75 bits per heavy atom. The summed E-state index contributed by atoms with van der Waals surface area (Å²) in [5, 5.41) is 10.7. The Labute approximate surface area is 117 Å². The molecule has 0 radical (unpaired) electrons. The van der Waals surface area contributed by atoms with E-state index in [1.807, 2.05) is 30.3 Å². The molecule has 1 aliphatic heterocycles. The fraction of sp³-hybridized carbons (Fsp3) is 0.375. The summed E-state index contributed by atoms with van der Waals surface area (Å²) in [6.45, 7) is 1.04. The summed E-state index contributed by atoms with van der Waals surface area (Å²) >= 11 is 0. The second-order valence-corrected chi connectivity index (χ2v) is 5.37. The second-order valence-electron chi connectivity index (χ2n) is 5.37. The van der Waals surface area contributed by atoms with Crippen LogP contribution in [0.1, 0.15) is 18.4 Å². The number of aromatic nitrogens is 1. The van der Waals surface area contributed by atoms with Gasteiger partial charge in [-0.05, 0) is 30.9 Å². The largest absolute Gasteiger partial charge is 0.481 e. The monoisotopic (exact) mass is 271 g/mol. The molecule has 4 nitrogen and oxygen atoms in total. The van der Waals surface area contributed by atoms with Crippen LogP contribution in [-0.4, -0.2) is 29.3 Å². The molecule has 1 saturated heterocycles. The zero-order chi connectivity index (χ0) is 14.0. The minimum absolute atomic E-state index is 0.514. The SMILES string of the molecule is O=C(O)C1(Cc2cccc3cccnc23)CCOCC1. The molecule has 2 heterocycles. The minimum Gasteiger partial charge on any atom is -0.481 e. The Morgan fingerprint density at radius 2 is 2.00 bits per heavy atom. The first kappa shape index (κ1) is 13.1. The molecule has 0 spiro atoms. The molecule has 1 fully saturated rings. The number of carbonyl (C=O) groups is 1. The second kappa shape index (κ2) is 5.21. The van der Waals surface area contributed by atoms with Crippen molar-refractivity contribution < 1.29 is 14.6 Å². The molecule has 104 valence electrons. The third-order valence-corrected chi connectivity index (χ3v) is 4.15. The molecule has 1 aromatic carbocycles. The van der Waals surface area contributed by atoms with Gasteiger partial charge in [-0.3, -0.25) is 9.78 Å². The Morgan fingerprint density at radius 1 is 1.25 bits per heavy atom. The van der Waals surface area contributed by atoms with Crippen molar-refractivity contribution in [3.8, 4) is 0 Å². The molecule has 0 bridgehead atoms. The molecule has 1 N–H and O–H groups in total. The van der Waals surface area contributed by atoms with Crippen LogP contribution in [0.3, 0.4) is 0 Å². The van der Waals surface area contributed by atoms with Gasteiger partial charge in [0, 0.05) is 24.8 Å². The number of para-hydroxylation sites is 1. The molecule has 0 atom stereocenters. The number of fused-ring (bicyclic) bond motifs is 1. The molecule has 2 aromatic rings. The lowest BCUT2D eigenvalue weighted by molar-refractivity contribution is -0.154. The van der Waals surface area contributed by atoms with E-state index in [-0.39, 0.29) is 0 Å². The quantitative estimate of drug-likeness (QED) is 0.932. The van der Waals surface area contributed by atoms with E-state index >= 15 is 0 Å². The standard InChI is InChI=1S/C16H17NO3/c18-15(19)16(6-9-20-10-7-16)11-13-4-1-3-12-5-2-8-17-14(12)13/h1-5,8H,6-7,9-11H2,(H,18,19). The highest BCUT2D eigenvalue weighted by atomic mass is 16.5. The predicted octanol–water partition coefficient (Wildman–Crippen LogP) is 2.66. The van der Waals surface area contributed by atoms with Crippen molar-refractivity contribution in [1.82, 2.24) is 4.98 Å². The van der Waals surface area contributed by atoms with Gasteiger partial charge in [0.15, 0.2) is 0 Å². The van der Waals surface area contributed by atoms with Crippen LogP contribution >= 0.6 is 0 Å². The molecule has 20 heavy (non-hydrogen) atoms. The van der Waals surface area contributed by atoms with Gasteiger partial charge >= 0.3 is 5.97 Å². The van der Waals surface area contributed by atoms with Crippen molar-refractivity contribution >= 4 is 16.9 Å². The van der Waals surface area contributed by atoms with Gasteiger partial charge in [-0.15, -0.1) is 0 Å². The first-order valence-electron chi connectivity index (χ1n) is 6.85. The zero-order valence-electron chi connectivity index (χ0n) is 11.2. The maximum Gasteiger partial charge on any atom is 0.310 e. The number of carboxylic acid groups (broad SMARTS) is 1. The summed E-state index contributed by atoms with van der Waals surface area (Å²) in [4.78, 5) is 16.2. The maximum atomic E-state index is 11.7. The third-order valence-electron chi connectivity index (χ3n) is 4.15. The Bertz CT molecular complexity index is 627. The van der Waals surface area contributed by atoms with Crippen molar-refractivity contribution in [2.24, 2.45) is 5.41 Å². The van der Waals surface area contributed by atoms with Crippen LogP contribution in [-0.2, 0) is 16.0 Å². The number of nitrogens with zero attached hydrogens (tertiary/aromatic N) is 1. The number of rotatable bonds is 3. The number of aliphatic carboxylic acids is 1. The number of carboxylic acids is 1. The highest BCUT2D eigenvalue weighted by Crippen LogP contribution is 2.36. The summed E-state index contributed by atoms with van der Waals surface area (Å²) in [5.74, 6) is -0.728. The van der Waals surface area contributed by atoms with E-state index in [4.69, 9.17) is 4.74 Å². The van der Waals surface area contributed by atoms with Crippen molar-refractivity contribution in [2.45, 2.75) is 19.3 Å². The van der Waals surface area contributed by atoms with Crippen LogP contribution in [0.5, 0.6) is 0 Å². The lowest BCUT2D eigenvalue weighted by atomic mass is 9.75. The Hall–Kier alpha value is -1.94. The Balaban J connectivity index is 2.00. The molecule has 1 aromatic heterocycles. The average molecular weight is 271 g/mol. The number of hydrogen-bond donors (Lipinski definition) is 1. The zero-order valence-corrected chi connectivity index (χ0v) is 11.2. The number of pyridine rings is 1. The normalized spacial score (nSPS) is 18.0. The Kier molecular flexibility index (Phi) is 3.40. The van der Waals surface area contributed by atoms with Crippen molar-refractivity contribution in [2.75, 3.05) is 13.2 Å². The van der Waals surface area contributed by atoms with Gasteiger partial charge in [-0.2, -0.15) is 0 Å². The van der Waals surface area contributed by atoms with Gasteiger partial charge in [0.25, 0.3) is 0 Å². The van der Waals surface area contributed by atoms with Gasteiger partial charge < -0.3 is 9.84 Å². The summed E-state index contributed by atoms with van der Waals surface area (Å²) in [5.41, 5.74) is 1.19. The van der Waals surface area contributed by atoms with E-state index < -0.39 is 11.4 Å². The van der Waals surface area contributed by atoms with Gasteiger partial charge in [-0.1, -0.05) is 24.3 Å². The van der Waals surface area contributed by atoms with Crippen LogP contribution in [0.25, 0.3) is 10.9 Å².